The van der Waals surface area contributed by atoms with E-state index in [1.165, 1.54) is 29.3 Å². The largest absolute Gasteiger partial charge is 0.573 e. The van der Waals surface area contributed by atoms with Gasteiger partial charge in [0.25, 0.3) is 5.91 Å². The van der Waals surface area contributed by atoms with Crippen LogP contribution in [-0.2, 0) is 23.1 Å². The molecular formula is C39H40F3N7O6. The van der Waals surface area contributed by atoms with Crippen LogP contribution in [0.3, 0.4) is 0 Å². The van der Waals surface area contributed by atoms with Crippen molar-refractivity contribution >= 4 is 46.3 Å². The van der Waals surface area contributed by atoms with Crippen LogP contribution < -0.4 is 25.0 Å². The lowest BCUT2D eigenvalue weighted by molar-refractivity contribution is -0.275. The van der Waals surface area contributed by atoms with Gasteiger partial charge in [-0.3, -0.25) is 25.2 Å². The number of fused-ring (bicyclic) bond motifs is 1. The molecule has 0 aliphatic rings. The Bertz CT molecular complexity index is 2110. The third-order valence-electron chi connectivity index (χ3n) is 8.31. The number of para-hydroxylation sites is 2. The summed E-state index contributed by atoms with van der Waals surface area (Å²) >= 11 is 0. The molecule has 0 atom stereocenters. The number of carbonyl (C=O) groups is 3. The molecule has 5 aromatic rings. The van der Waals surface area contributed by atoms with E-state index < -0.39 is 35.8 Å². The molecule has 5 rings (SSSR count). The van der Waals surface area contributed by atoms with E-state index in [-0.39, 0.29) is 30.2 Å². The van der Waals surface area contributed by atoms with Crippen molar-refractivity contribution in [3.8, 4) is 11.5 Å². The quantitative estimate of drug-likeness (QED) is 0.0300. The maximum absolute atomic E-state index is 13.9. The number of imidazole rings is 1. The standard InChI is InChI=1S/C39H40F3N7O6/c1-3-4-5-10-23-53-38(52)47-36(43)26-14-17-28(18-15-26)45-25-34-46-29-24-27(16-19-30(29)48(34)2)37(51)49(33-13-8-9-21-44-33)22-20-35(50)54-31-11-6-7-12-32(31)55-39(40,41)42/h6-9,11-19,21,24,45H,3-5,10,20,22-23,25H2,1-2H3,(H2,43,47,52). The van der Waals surface area contributed by atoms with Gasteiger partial charge in [0.1, 0.15) is 17.5 Å². The second-order valence-corrected chi connectivity index (χ2v) is 12.3. The van der Waals surface area contributed by atoms with Gasteiger partial charge in [-0.25, -0.2) is 14.8 Å². The molecule has 3 N–H and O–H groups in total. The van der Waals surface area contributed by atoms with E-state index >= 15 is 0 Å². The van der Waals surface area contributed by atoms with Crippen molar-refractivity contribution in [2.75, 3.05) is 23.4 Å². The van der Waals surface area contributed by atoms with Gasteiger partial charge in [0.2, 0.25) is 0 Å². The Morgan fingerprint density at radius 1 is 0.909 bits per heavy atom. The zero-order valence-electron chi connectivity index (χ0n) is 30.2. The summed E-state index contributed by atoms with van der Waals surface area (Å²) < 4.78 is 54.7. The Balaban J connectivity index is 1.21. The SMILES string of the molecule is CCCCCCOC(=O)NC(=N)c1ccc(NCc2nc3cc(C(=O)N(CCC(=O)Oc4ccccc4OC(F)(F)F)c4ccccn4)ccc3n2C)cc1. The van der Waals surface area contributed by atoms with E-state index in [0.717, 1.165) is 43.0 Å². The fraction of sp³-hybridized carbons (Fsp3) is 0.282. The van der Waals surface area contributed by atoms with Gasteiger partial charge >= 0.3 is 18.4 Å². The minimum atomic E-state index is -4.99. The van der Waals surface area contributed by atoms with Crippen LogP contribution in [0.4, 0.5) is 29.5 Å². The number of aromatic nitrogens is 3. The molecule has 3 aromatic carbocycles. The number of aryl methyl sites for hydroxylation is 1. The number of benzene rings is 3. The monoisotopic (exact) mass is 759 g/mol. The molecule has 0 aliphatic heterocycles. The van der Waals surface area contributed by atoms with Crippen molar-refractivity contribution in [1.82, 2.24) is 19.9 Å². The Morgan fingerprint density at radius 3 is 2.35 bits per heavy atom. The summed E-state index contributed by atoms with van der Waals surface area (Å²) in [5.41, 5.74) is 2.82. The number of amidine groups is 1. The number of unbranched alkanes of at least 4 members (excludes halogenated alkanes) is 3. The van der Waals surface area contributed by atoms with Gasteiger partial charge in [0, 0.05) is 36.6 Å². The van der Waals surface area contributed by atoms with E-state index in [2.05, 4.69) is 27.3 Å². The molecule has 2 heterocycles. The van der Waals surface area contributed by atoms with Crippen LogP contribution in [0.2, 0.25) is 0 Å². The molecule has 288 valence electrons. The highest BCUT2D eigenvalue weighted by atomic mass is 19.4. The van der Waals surface area contributed by atoms with Gasteiger partial charge in [0.05, 0.1) is 30.6 Å². The number of alkyl halides is 3. The number of alkyl carbamates (subject to hydrolysis) is 1. The molecule has 0 saturated heterocycles. The van der Waals surface area contributed by atoms with Gasteiger partial charge in [0.15, 0.2) is 11.5 Å². The van der Waals surface area contributed by atoms with E-state index in [0.29, 0.717) is 30.1 Å². The Hall–Kier alpha value is -6.45. The lowest BCUT2D eigenvalue weighted by atomic mass is 10.1. The maximum atomic E-state index is 13.9. The number of amides is 2. The summed E-state index contributed by atoms with van der Waals surface area (Å²) in [6.45, 7) is 2.54. The molecule has 0 saturated carbocycles. The molecule has 16 heteroatoms. The average molecular weight is 760 g/mol. The smallest absolute Gasteiger partial charge is 0.449 e. The Morgan fingerprint density at radius 2 is 1.64 bits per heavy atom. The molecular weight excluding hydrogens is 719 g/mol. The minimum Gasteiger partial charge on any atom is -0.449 e. The molecule has 13 nitrogen and oxygen atoms in total. The predicted molar refractivity (Wildman–Crippen MR) is 199 cm³/mol. The lowest BCUT2D eigenvalue weighted by Crippen LogP contribution is -2.34. The van der Waals surface area contributed by atoms with Crippen LogP contribution in [0.1, 0.15) is 60.8 Å². The molecule has 0 spiro atoms. The number of hydrogen-bond donors (Lipinski definition) is 3. The number of nitrogens with zero attached hydrogens (tertiary/aromatic N) is 4. The number of carbonyl (C=O) groups excluding carboxylic acids is 3. The average Bonchev–Trinajstić information content (AvgIpc) is 3.48. The number of anilines is 2. The molecule has 0 radical (unpaired) electrons. The first-order valence-corrected chi connectivity index (χ1v) is 17.5. The molecule has 2 aromatic heterocycles. The first-order valence-electron chi connectivity index (χ1n) is 17.5. The zero-order chi connectivity index (χ0) is 39.4. The number of rotatable bonds is 16. The van der Waals surface area contributed by atoms with Gasteiger partial charge in [-0.05, 0) is 73.2 Å². The third-order valence-corrected chi connectivity index (χ3v) is 8.31. The van der Waals surface area contributed by atoms with E-state index in [9.17, 15) is 27.6 Å². The summed E-state index contributed by atoms with van der Waals surface area (Å²) in [7, 11) is 1.84. The van der Waals surface area contributed by atoms with Gasteiger partial charge in [-0.1, -0.05) is 44.4 Å². The first kappa shape index (κ1) is 39.8. The fourth-order valence-electron chi connectivity index (χ4n) is 5.49. The molecule has 0 fully saturated rings. The fourth-order valence-corrected chi connectivity index (χ4v) is 5.49. The first-order chi connectivity index (χ1) is 26.4. The highest BCUT2D eigenvalue weighted by Crippen LogP contribution is 2.32. The van der Waals surface area contributed by atoms with Crippen LogP contribution in [0.15, 0.2) is 91.1 Å². The molecule has 2 amide bonds. The van der Waals surface area contributed by atoms with Crippen molar-refractivity contribution in [1.29, 1.82) is 5.41 Å². The number of hydrogen-bond acceptors (Lipinski definition) is 10. The van der Waals surface area contributed by atoms with Crippen LogP contribution in [0, 0.1) is 5.41 Å². The minimum absolute atomic E-state index is 0.0758. The number of esters is 1. The molecule has 0 aliphatic carbocycles. The topological polar surface area (TPSA) is 161 Å². The van der Waals surface area contributed by atoms with Crippen LogP contribution in [-0.4, -0.2) is 57.9 Å². The molecule has 0 bridgehead atoms. The highest BCUT2D eigenvalue weighted by molar-refractivity contribution is 6.07. The van der Waals surface area contributed by atoms with Crippen LogP contribution in [0.25, 0.3) is 11.0 Å². The van der Waals surface area contributed by atoms with E-state index in [1.807, 2.05) is 11.6 Å². The number of halogens is 3. The van der Waals surface area contributed by atoms with Gasteiger partial charge in [-0.2, -0.15) is 0 Å². The van der Waals surface area contributed by atoms with Gasteiger partial charge in [-0.15, -0.1) is 13.2 Å². The maximum Gasteiger partial charge on any atom is 0.573 e. The number of ether oxygens (including phenoxy) is 3. The van der Waals surface area contributed by atoms with E-state index in [1.54, 1.807) is 60.7 Å². The summed E-state index contributed by atoms with van der Waals surface area (Å²) in [5, 5.41) is 13.9. The lowest BCUT2D eigenvalue weighted by Gasteiger charge is -2.21. The van der Waals surface area contributed by atoms with Gasteiger partial charge < -0.3 is 24.1 Å². The van der Waals surface area contributed by atoms with E-state index in [4.69, 9.17) is 19.9 Å². The number of nitrogens with one attached hydrogen (secondary N) is 3. The second kappa shape index (κ2) is 18.5. The van der Waals surface area contributed by atoms with Crippen molar-refractivity contribution in [3.05, 3.63) is 108 Å². The predicted octanol–water partition coefficient (Wildman–Crippen LogP) is 7.75. The third kappa shape index (κ3) is 11.3. The summed E-state index contributed by atoms with van der Waals surface area (Å²) in [6.07, 6.45) is -0.605. The summed E-state index contributed by atoms with van der Waals surface area (Å²) in [6, 6.07) is 21.8. The molecule has 0 unspecified atom stereocenters. The van der Waals surface area contributed by atoms with Crippen molar-refractivity contribution in [3.63, 3.8) is 0 Å². The van der Waals surface area contributed by atoms with Crippen molar-refractivity contribution in [2.24, 2.45) is 7.05 Å². The van der Waals surface area contributed by atoms with Crippen LogP contribution >= 0.6 is 0 Å². The summed E-state index contributed by atoms with van der Waals surface area (Å²) in [5.74, 6) is -1.62. The normalized spacial score (nSPS) is 11.1. The summed E-state index contributed by atoms with van der Waals surface area (Å²) in [4.78, 5) is 49.0. The Kier molecular flexibility index (Phi) is 13.4. The van der Waals surface area contributed by atoms with Crippen molar-refractivity contribution < 1.29 is 41.8 Å². The zero-order valence-corrected chi connectivity index (χ0v) is 30.2. The van der Waals surface area contributed by atoms with Crippen molar-refractivity contribution in [2.45, 2.75) is 51.9 Å². The Labute approximate surface area is 314 Å². The second-order valence-electron chi connectivity index (χ2n) is 12.3. The number of pyridine rings is 1. The highest BCUT2D eigenvalue weighted by Gasteiger charge is 2.33. The molecule has 55 heavy (non-hydrogen) atoms. The van der Waals surface area contributed by atoms with Crippen LogP contribution in [0.5, 0.6) is 11.5 Å².